The first-order valence-electron chi connectivity index (χ1n) is 12.7. The summed E-state index contributed by atoms with van der Waals surface area (Å²) in [5.74, 6) is -4.12. The lowest BCUT2D eigenvalue weighted by atomic mass is 9.97. The average Bonchev–Trinajstić information content (AvgIpc) is 2.80. The van der Waals surface area contributed by atoms with E-state index in [4.69, 9.17) is 0 Å². The van der Waals surface area contributed by atoms with Crippen LogP contribution in [0.2, 0.25) is 0 Å². The summed E-state index contributed by atoms with van der Waals surface area (Å²) in [5.41, 5.74) is 0. The Morgan fingerprint density at radius 2 is 0.838 bits per heavy atom. The van der Waals surface area contributed by atoms with Crippen LogP contribution >= 0.6 is 0 Å². The van der Waals surface area contributed by atoms with E-state index in [1.807, 2.05) is 9.80 Å². The second-order valence-corrected chi connectivity index (χ2v) is 9.88. The summed E-state index contributed by atoms with van der Waals surface area (Å²) in [4.78, 5) is 54.4. The molecule has 0 aromatic heterocycles. The number of carboxylic acid groups (broad SMARTS) is 4. The van der Waals surface area contributed by atoms with E-state index in [1.165, 1.54) is 0 Å². The van der Waals surface area contributed by atoms with Crippen molar-refractivity contribution in [3.63, 3.8) is 0 Å². The molecule has 2 aliphatic rings. The van der Waals surface area contributed by atoms with E-state index >= 15 is 0 Å². The highest BCUT2D eigenvalue weighted by atomic mass is 16.4. The molecule has 0 saturated carbocycles. The Morgan fingerprint density at radius 1 is 0.541 bits per heavy atom. The van der Waals surface area contributed by atoms with Crippen LogP contribution in [0.4, 0.5) is 0 Å². The first kappa shape index (κ1) is 30.9. The summed E-state index contributed by atoms with van der Waals surface area (Å²) in [6.45, 7) is 4.32. The van der Waals surface area contributed by atoms with Gasteiger partial charge in [0, 0.05) is 65.4 Å². The lowest BCUT2D eigenvalue weighted by Crippen LogP contribution is -2.50. The van der Waals surface area contributed by atoms with Crippen molar-refractivity contribution in [3.8, 4) is 0 Å². The van der Waals surface area contributed by atoms with E-state index < -0.39 is 30.0 Å². The number of carboxylic acids is 4. The van der Waals surface area contributed by atoms with Gasteiger partial charge in [0.25, 0.3) is 0 Å². The van der Waals surface area contributed by atoms with Gasteiger partial charge in [0.2, 0.25) is 0 Å². The molecule has 2 fully saturated rings. The standard InChI is InChI=1S/C23H41N5O9/c29-19(13-24-3-1-18(2-4-24)23(36)37)14-25-5-7-26(15-20(30)31)9-11-28(17-22(34)35)12-10-27(8-6-25)16-21(32)33/h18-19,29H,1-17H2,(H,30,31)(H,32,33)(H,34,35)(H,36,37). The quantitative estimate of drug-likeness (QED) is 0.190. The van der Waals surface area contributed by atoms with E-state index in [9.17, 15) is 44.7 Å². The van der Waals surface area contributed by atoms with E-state index in [2.05, 4.69) is 0 Å². The molecule has 5 N–H and O–H groups in total. The Kier molecular flexibility index (Phi) is 13.2. The number of aliphatic hydroxyl groups is 1. The number of piperidine rings is 1. The molecular formula is C23H41N5O9. The molecule has 14 heteroatoms. The van der Waals surface area contributed by atoms with Crippen molar-refractivity contribution in [1.82, 2.24) is 24.5 Å². The molecule has 0 bridgehead atoms. The van der Waals surface area contributed by atoms with E-state index in [0.29, 0.717) is 91.4 Å². The minimum Gasteiger partial charge on any atom is -0.481 e. The molecule has 14 nitrogen and oxygen atoms in total. The molecule has 212 valence electrons. The Hall–Kier alpha value is -2.36. The Morgan fingerprint density at radius 3 is 1.14 bits per heavy atom. The number of aliphatic hydroxyl groups excluding tert-OH is 1. The van der Waals surface area contributed by atoms with Gasteiger partial charge in [-0.25, -0.2) is 0 Å². The fraction of sp³-hybridized carbons (Fsp3) is 0.826. The van der Waals surface area contributed by atoms with Crippen molar-refractivity contribution in [2.75, 3.05) is 98.2 Å². The molecule has 0 aliphatic carbocycles. The molecule has 37 heavy (non-hydrogen) atoms. The van der Waals surface area contributed by atoms with Crippen LogP contribution in [-0.2, 0) is 19.2 Å². The average molecular weight is 532 g/mol. The van der Waals surface area contributed by atoms with Crippen molar-refractivity contribution < 1.29 is 44.7 Å². The second-order valence-electron chi connectivity index (χ2n) is 9.88. The zero-order valence-corrected chi connectivity index (χ0v) is 21.3. The highest BCUT2D eigenvalue weighted by Crippen LogP contribution is 2.17. The predicted octanol–water partition coefficient (Wildman–Crippen LogP) is -2.38. The number of carbonyl (C=O) groups is 4. The van der Waals surface area contributed by atoms with Crippen LogP contribution in [-0.4, -0.2) is 178 Å². The van der Waals surface area contributed by atoms with E-state index in [1.54, 1.807) is 14.7 Å². The highest BCUT2D eigenvalue weighted by molar-refractivity contribution is 5.70. The molecule has 0 radical (unpaired) electrons. The monoisotopic (exact) mass is 531 g/mol. The van der Waals surface area contributed by atoms with Crippen molar-refractivity contribution in [2.45, 2.75) is 18.9 Å². The van der Waals surface area contributed by atoms with Gasteiger partial charge < -0.3 is 30.4 Å². The van der Waals surface area contributed by atoms with Crippen LogP contribution in [0.3, 0.4) is 0 Å². The first-order chi connectivity index (χ1) is 17.5. The Bertz CT molecular complexity index is 731. The Labute approximate surface area is 216 Å². The number of likely N-dealkylation sites (tertiary alicyclic amines) is 1. The van der Waals surface area contributed by atoms with Gasteiger partial charge in [-0.2, -0.15) is 0 Å². The topological polar surface area (TPSA) is 186 Å². The fourth-order valence-electron chi connectivity index (χ4n) is 4.83. The van der Waals surface area contributed by atoms with E-state index in [0.717, 1.165) is 0 Å². The van der Waals surface area contributed by atoms with Gasteiger partial charge in [-0.05, 0) is 25.9 Å². The lowest BCUT2D eigenvalue weighted by Gasteiger charge is -2.35. The molecule has 2 rings (SSSR count). The molecule has 2 heterocycles. The maximum absolute atomic E-state index is 11.4. The summed E-state index contributed by atoms with van der Waals surface area (Å²) in [7, 11) is 0. The minimum atomic E-state index is -1.01. The molecule has 0 aromatic carbocycles. The van der Waals surface area contributed by atoms with Gasteiger partial charge in [-0.3, -0.25) is 38.8 Å². The first-order valence-corrected chi connectivity index (χ1v) is 12.7. The van der Waals surface area contributed by atoms with Gasteiger partial charge in [-0.1, -0.05) is 0 Å². The van der Waals surface area contributed by atoms with Crippen LogP contribution in [0, 0.1) is 5.92 Å². The number of nitrogens with zero attached hydrogens (tertiary/aromatic N) is 5. The van der Waals surface area contributed by atoms with Crippen molar-refractivity contribution in [2.24, 2.45) is 5.92 Å². The van der Waals surface area contributed by atoms with E-state index in [-0.39, 0.29) is 25.6 Å². The molecular weight excluding hydrogens is 490 g/mol. The van der Waals surface area contributed by atoms with Crippen LogP contribution in [0.25, 0.3) is 0 Å². The zero-order valence-electron chi connectivity index (χ0n) is 21.3. The van der Waals surface area contributed by atoms with Crippen LogP contribution in [0.1, 0.15) is 12.8 Å². The number of rotatable bonds is 11. The molecule has 1 unspecified atom stereocenters. The third kappa shape index (κ3) is 12.6. The van der Waals surface area contributed by atoms with Crippen LogP contribution in [0.15, 0.2) is 0 Å². The highest BCUT2D eigenvalue weighted by Gasteiger charge is 2.26. The minimum absolute atomic E-state index is 0.193. The molecule has 2 saturated heterocycles. The smallest absolute Gasteiger partial charge is 0.317 e. The fourth-order valence-corrected chi connectivity index (χ4v) is 4.83. The molecule has 2 aliphatic heterocycles. The summed E-state index contributed by atoms with van der Waals surface area (Å²) in [5, 5.41) is 47.8. The maximum Gasteiger partial charge on any atom is 0.317 e. The normalized spacial score (nSPS) is 22.1. The molecule has 0 spiro atoms. The van der Waals surface area contributed by atoms with Crippen molar-refractivity contribution in [1.29, 1.82) is 0 Å². The number of hydrogen-bond donors (Lipinski definition) is 5. The lowest BCUT2D eigenvalue weighted by molar-refractivity contribution is -0.143. The molecule has 0 aromatic rings. The van der Waals surface area contributed by atoms with Gasteiger partial charge >= 0.3 is 23.9 Å². The van der Waals surface area contributed by atoms with Crippen molar-refractivity contribution >= 4 is 23.9 Å². The summed E-state index contributed by atoms with van der Waals surface area (Å²) in [6.07, 6.45) is 0.374. The number of aliphatic carboxylic acids is 4. The van der Waals surface area contributed by atoms with Gasteiger partial charge in [0.1, 0.15) is 0 Å². The predicted molar refractivity (Wildman–Crippen MR) is 131 cm³/mol. The van der Waals surface area contributed by atoms with Crippen LogP contribution in [0.5, 0.6) is 0 Å². The summed E-state index contributed by atoms with van der Waals surface area (Å²) in [6, 6.07) is 0. The third-order valence-corrected chi connectivity index (χ3v) is 6.88. The number of hydrogen-bond acceptors (Lipinski definition) is 10. The Balaban J connectivity index is 2.03. The number of β-amino-alcohol motifs (C(OH)–C–C–N with tert-alkyl or cyclic N) is 1. The zero-order chi connectivity index (χ0) is 27.4. The maximum atomic E-state index is 11.4. The van der Waals surface area contributed by atoms with Crippen LogP contribution < -0.4 is 0 Å². The van der Waals surface area contributed by atoms with Crippen molar-refractivity contribution in [3.05, 3.63) is 0 Å². The largest absolute Gasteiger partial charge is 0.481 e. The third-order valence-electron chi connectivity index (χ3n) is 6.88. The summed E-state index contributed by atoms with van der Waals surface area (Å²) < 4.78 is 0. The van der Waals surface area contributed by atoms with Gasteiger partial charge in [-0.15, -0.1) is 0 Å². The van der Waals surface area contributed by atoms with Gasteiger partial charge in [0.05, 0.1) is 31.7 Å². The SMILES string of the molecule is O=C(O)CN1CCN(CC(=O)O)CCN(CC(O)CN2CCC(C(=O)O)CC2)CCN(CC(=O)O)CC1. The summed E-state index contributed by atoms with van der Waals surface area (Å²) >= 11 is 0. The van der Waals surface area contributed by atoms with Gasteiger partial charge in [0.15, 0.2) is 0 Å². The second kappa shape index (κ2) is 15.8. The molecule has 0 amide bonds. The molecule has 1 atom stereocenters.